The molecule has 0 N–H and O–H groups in total. The van der Waals surface area contributed by atoms with Crippen molar-refractivity contribution in [2.45, 2.75) is 26.7 Å². The monoisotopic (exact) mass is 184 g/mol. The maximum Gasteiger partial charge on any atom is 0.0722 e. The number of hydrogen-bond donors (Lipinski definition) is 0. The Morgan fingerprint density at radius 2 is 1.79 bits per heavy atom. The van der Waals surface area contributed by atoms with Crippen molar-refractivity contribution in [3.63, 3.8) is 0 Å². The van der Waals surface area contributed by atoms with Gasteiger partial charge in [-0.2, -0.15) is 0 Å². The Balaban J connectivity index is 2.22. The summed E-state index contributed by atoms with van der Waals surface area (Å²) in [6.45, 7) is 4.17. The van der Waals surface area contributed by atoms with Crippen molar-refractivity contribution in [2.75, 3.05) is 0 Å². The van der Waals surface area contributed by atoms with E-state index in [2.05, 4.69) is 36.0 Å². The lowest BCUT2D eigenvalue weighted by molar-refractivity contribution is 1.32. The van der Waals surface area contributed by atoms with E-state index in [1.165, 1.54) is 28.2 Å². The molecular formula is C12H12N2. The van der Waals surface area contributed by atoms with Crippen LogP contribution in [0.5, 0.6) is 0 Å². The van der Waals surface area contributed by atoms with Crippen LogP contribution in [0.4, 0.5) is 11.4 Å². The Labute approximate surface area is 83.4 Å². The van der Waals surface area contributed by atoms with Crippen LogP contribution >= 0.6 is 0 Å². The van der Waals surface area contributed by atoms with Crippen LogP contribution in [0.1, 0.15) is 25.0 Å². The predicted octanol–water partition coefficient (Wildman–Crippen LogP) is 2.98. The minimum Gasteiger partial charge on any atom is -0.257 e. The molecule has 0 bridgehead atoms. The highest BCUT2D eigenvalue weighted by atomic mass is 14.8. The zero-order valence-electron chi connectivity index (χ0n) is 8.46. The van der Waals surface area contributed by atoms with Crippen molar-refractivity contribution < 1.29 is 0 Å². The van der Waals surface area contributed by atoms with E-state index in [1.54, 1.807) is 0 Å². The molecule has 3 rings (SSSR count). The van der Waals surface area contributed by atoms with E-state index in [4.69, 9.17) is 0 Å². The van der Waals surface area contributed by atoms with Crippen LogP contribution in [0.3, 0.4) is 0 Å². The van der Waals surface area contributed by atoms with Gasteiger partial charge in [-0.3, -0.25) is 9.98 Å². The quantitative estimate of drug-likeness (QED) is 0.592. The molecule has 14 heavy (non-hydrogen) atoms. The molecule has 0 unspecified atom stereocenters. The lowest BCUT2D eigenvalue weighted by Crippen LogP contribution is -1.90. The number of aliphatic imine (C=N–C) groups is 2. The first-order chi connectivity index (χ1) is 6.74. The largest absolute Gasteiger partial charge is 0.257 e. The number of benzene rings is 1. The molecule has 2 heteroatoms. The maximum atomic E-state index is 4.60. The molecular weight excluding hydrogens is 172 g/mol. The van der Waals surface area contributed by atoms with Gasteiger partial charge in [0.05, 0.1) is 11.4 Å². The van der Waals surface area contributed by atoms with Crippen LogP contribution in [0.2, 0.25) is 0 Å². The first-order valence-corrected chi connectivity index (χ1v) is 4.97. The molecule has 0 radical (unpaired) electrons. The highest BCUT2D eigenvalue weighted by molar-refractivity contribution is 5.99. The zero-order valence-corrected chi connectivity index (χ0v) is 8.46. The molecule has 0 amide bonds. The third-order valence-electron chi connectivity index (χ3n) is 2.83. The van der Waals surface area contributed by atoms with Crippen LogP contribution in [0.15, 0.2) is 22.1 Å². The van der Waals surface area contributed by atoms with Gasteiger partial charge >= 0.3 is 0 Å². The number of fused-ring (bicyclic) bond motifs is 3. The average molecular weight is 184 g/mol. The van der Waals surface area contributed by atoms with Crippen molar-refractivity contribution >= 4 is 22.8 Å². The molecule has 2 nitrogen and oxygen atoms in total. The predicted molar refractivity (Wildman–Crippen MR) is 59.4 cm³/mol. The summed E-state index contributed by atoms with van der Waals surface area (Å²) in [4.78, 5) is 9.10. The maximum absolute atomic E-state index is 4.60. The van der Waals surface area contributed by atoms with Crippen molar-refractivity contribution in [1.29, 1.82) is 0 Å². The van der Waals surface area contributed by atoms with Gasteiger partial charge in [0, 0.05) is 29.8 Å². The van der Waals surface area contributed by atoms with Crippen LogP contribution in [0.25, 0.3) is 0 Å². The fourth-order valence-electron chi connectivity index (χ4n) is 2.24. The van der Waals surface area contributed by atoms with Crippen molar-refractivity contribution in [2.24, 2.45) is 9.98 Å². The highest BCUT2D eigenvalue weighted by Crippen LogP contribution is 2.40. The van der Waals surface area contributed by atoms with Gasteiger partial charge in [0.15, 0.2) is 0 Å². The average Bonchev–Trinajstić information content (AvgIpc) is 2.65. The van der Waals surface area contributed by atoms with E-state index in [-0.39, 0.29) is 0 Å². The Bertz CT molecular complexity index is 481. The van der Waals surface area contributed by atoms with Crippen LogP contribution in [-0.4, -0.2) is 11.4 Å². The SMILES string of the molecule is CC1=Nc2ccc3c(c2C1)N=C(C)C3. The van der Waals surface area contributed by atoms with E-state index < -0.39 is 0 Å². The normalized spacial score (nSPS) is 17.6. The molecule has 2 aliphatic heterocycles. The second-order valence-electron chi connectivity index (χ2n) is 4.12. The fraction of sp³-hybridized carbons (Fsp3) is 0.333. The number of nitrogens with zero attached hydrogens (tertiary/aromatic N) is 2. The minimum absolute atomic E-state index is 0.981. The number of hydrogen-bond acceptors (Lipinski definition) is 2. The van der Waals surface area contributed by atoms with E-state index >= 15 is 0 Å². The lowest BCUT2D eigenvalue weighted by Gasteiger charge is -2.02. The van der Waals surface area contributed by atoms with Crippen molar-refractivity contribution in [3.05, 3.63) is 23.3 Å². The fourth-order valence-corrected chi connectivity index (χ4v) is 2.24. The summed E-state index contributed by atoms with van der Waals surface area (Å²) in [7, 11) is 0. The standard InChI is InChI=1S/C12H12N2/c1-7-5-9-3-4-11-10(12(9)14-7)6-8(2)13-11/h3-4H,5-6H2,1-2H3. The van der Waals surface area contributed by atoms with Crippen molar-refractivity contribution in [3.8, 4) is 0 Å². The van der Waals surface area contributed by atoms with E-state index in [1.807, 2.05) is 0 Å². The Morgan fingerprint density at radius 3 is 2.64 bits per heavy atom. The Morgan fingerprint density at radius 1 is 1.00 bits per heavy atom. The van der Waals surface area contributed by atoms with Gasteiger partial charge in [0.2, 0.25) is 0 Å². The van der Waals surface area contributed by atoms with E-state index in [0.29, 0.717) is 0 Å². The summed E-state index contributed by atoms with van der Waals surface area (Å²) in [5.41, 5.74) is 7.44. The smallest absolute Gasteiger partial charge is 0.0722 e. The highest BCUT2D eigenvalue weighted by Gasteiger charge is 2.21. The lowest BCUT2D eigenvalue weighted by atomic mass is 10.0. The molecule has 0 atom stereocenters. The van der Waals surface area contributed by atoms with Gasteiger partial charge in [-0.1, -0.05) is 6.07 Å². The third-order valence-corrected chi connectivity index (χ3v) is 2.83. The molecule has 0 saturated carbocycles. The molecule has 2 heterocycles. The Kier molecular flexibility index (Phi) is 1.43. The second-order valence-corrected chi connectivity index (χ2v) is 4.12. The molecule has 2 aliphatic rings. The van der Waals surface area contributed by atoms with Gasteiger partial charge in [-0.05, 0) is 25.5 Å². The molecule has 0 fully saturated rings. The van der Waals surface area contributed by atoms with Gasteiger partial charge in [0.25, 0.3) is 0 Å². The van der Waals surface area contributed by atoms with Gasteiger partial charge < -0.3 is 0 Å². The van der Waals surface area contributed by atoms with Crippen LogP contribution < -0.4 is 0 Å². The summed E-state index contributed by atoms with van der Waals surface area (Å²) >= 11 is 0. The van der Waals surface area contributed by atoms with Gasteiger partial charge in [-0.15, -0.1) is 0 Å². The van der Waals surface area contributed by atoms with E-state index in [9.17, 15) is 0 Å². The minimum atomic E-state index is 0.981. The summed E-state index contributed by atoms with van der Waals surface area (Å²) < 4.78 is 0. The first-order valence-electron chi connectivity index (χ1n) is 4.97. The molecule has 0 saturated heterocycles. The Hall–Kier alpha value is -1.44. The summed E-state index contributed by atoms with van der Waals surface area (Å²) in [6, 6.07) is 4.29. The molecule has 70 valence electrons. The molecule has 0 aliphatic carbocycles. The van der Waals surface area contributed by atoms with Crippen LogP contribution in [-0.2, 0) is 12.8 Å². The summed E-state index contributed by atoms with van der Waals surface area (Å²) in [6.07, 6.45) is 2.00. The van der Waals surface area contributed by atoms with Gasteiger partial charge in [-0.25, -0.2) is 0 Å². The molecule has 0 spiro atoms. The zero-order chi connectivity index (χ0) is 9.71. The molecule has 1 aromatic rings. The van der Waals surface area contributed by atoms with Crippen molar-refractivity contribution in [1.82, 2.24) is 0 Å². The summed E-state index contributed by atoms with van der Waals surface area (Å²) in [5, 5.41) is 0. The van der Waals surface area contributed by atoms with Gasteiger partial charge in [0.1, 0.15) is 0 Å². The van der Waals surface area contributed by atoms with Crippen LogP contribution in [0, 0.1) is 0 Å². The molecule has 0 aromatic heterocycles. The molecule has 1 aromatic carbocycles. The first kappa shape index (κ1) is 7.92. The second kappa shape index (κ2) is 2.53. The summed E-state index contributed by atoms with van der Waals surface area (Å²) in [5.74, 6) is 0. The van der Waals surface area contributed by atoms with E-state index in [0.717, 1.165) is 18.5 Å². The number of rotatable bonds is 0. The third kappa shape index (κ3) is 0.969. The topological polar surface area (TPSA) is 24.7 Å².